The Labute approximate surface area is 130 Å². The van der Waals surface area contributed by atoms with Crippen molar-refractivity contribution in [1.82, 2.24) is 4.90 Å². The van der Waals surface area contributed by atoms with Crippen molar-refractivity contribution in [2.75, 3.05) is 24.5 Å². The molecule has 1 aliphatic rings. The average molecular weight is 294 g/mol. The minimum Gasteiger partial charge on any atom is -0.328 e. The summed E-state index contributed by atoms with van der Waals surface area (Å²) in [7, 11) is 0. The lowest BCUT2D eigenvalue weighted by atomic mass is 10.1. The van der Waals surface area contributed by atoms with Crippen molar-refractivity contribution in [3.63, 3.8) is 0 Å². The number of carbonyl (C=O) groups is 2. The first-order valence-electron chi connectivity index (χ1n) is 7.36. The van der Waals surface area contributed by atoms with Gasteiger partial charge in [-0.15, -0.1) is 0 Å². The summed E-state index contributed by atoms with van der Waals surface area (Å²) in [5.41, 5.74) is 2.57. The molecule has 0 aromatic heterocycles. The van der Waals surface area contributed by atoms with Gasteiger partial charge in [0.15, 0.2) is 0 Å². The number of hydrogen-bond acceptors (Lipinski definition) is 2. The van der Waals surface area contributed by atoms with Crippen LogP contribution in [-0.2, 0) is 4.79 Å². The Bertz CT molecular complexity index is 697. The second-order valence-corrected chi connectivity index (χ2v) is 5.48. The number of rotatable bonds is 2. The van der Waals surface area contributed by atoms with Crippen molar-refractivity contribution in [2.24, 2.45) is 0 Å². The molecule has 0 unspecified atom stereocenters. The average Bonchev–Trinajstić information content (AvgIpc) is 2.55. The lowest BCUT2D eigenvalue weighted by molar-refractivity contribution is -0.120. The molecule has 1 aliphatic heterocycles. The molecule has 4 nitrogen and oxygen atoms in total. The number of piperazine rings is 1. The molecule has 112 valence electrons. The highest BCUT2D eigenvalue weighted by Crippen LogP contribution is 2.18. The molecule has 1 saturated heterocycles. The van der Waals surface area contributed by atoms with Crippen LogP contribution in [-0.4, -0.2) is 36.3 Å². The van der Waals surface area contributed by atoms with Gasteiger partial charge in [-0.3, -0.25) is 9.59 Å². The fourth-order valence-corrected chi connectivity index (χ4v) is 2.69. The van der Waals surface area contributed by atoms with E-state index < -0.39 is 0 Å². The van der Waals surface area contributed by atoms with Crippen LogP contribution in [0, 0.1) is 6.92 Å². The Hall–Kier alpha value is -2.62. The molecule has 0 bridgehead atoms. The molecular formula is C18H18N2O2. The van der Waals surface area contributed by atoms with Crippen LogP contribution in [0.4, 0.5) is 5.69 Å². The number of hydrogen-bond donors (Lipinski definition) is 0. The van der Waals surface area contributed by atoms with Crippen molar-refractivity contribution in [3.05, 3.63) is 65.7 Å². The van der Waals surface area contributed by atoms with Crippen LogP contribution in [0.2, 0.25) is 0 Å². The van der Waals surface area contributed by atoms with Gasteiger partial charge in [-0.05, 0) is 31.2 Å². The highest BCUT2D eigenvalue weighted by atomic mass is 16.2. The molecule has 2 amide bonds. The maximum Gasteiger partial charge on any atom is 0.254 e. The number of nitrogens with zero attached hydrogens (tertiary/aromatic N) is 2. The quantitative estimate of drug-likeness (QED) is 0.854. The standard InChI is InChI=1S/C18H18N2O2/c1-14-6-5-7-15(12-14)18(22)19-10-11-20(17(21)13-19)16-8-3-2-4-9-16/h2-9,12H,10-11,13H2,1H3. The van der Waals surface area contributed by atoms with Gasteiger partial charge in [-0.2, -0.15) is 0 Å². The molecule has 0 aliphatic carbocycles. The van der Waals surface area contributed by atoms with E-state index in [9.17, 15) is 9.59 Å². The number of benzene rings is 2. The summed E-state index contributed by atoms with van der Waals surface area (Å²) in [6.45, 7) is 3.16. The van der Waals surface area contributed by atoms with Gasteiger partial charge < -0.3 is 9.80 Å². The van der Waals surface area contributed by atoms with Gasteiger partial charge >= 0.3 is 0 Å². The number of para-hydroxylation sites is 1. The summed E-state index contributed by atoms with van der Waals surface area (Å²) in [6.07, 6.45) is 0. The van der Waals surface area contributed by atoms with Crippen LogP contribution in [0.3, 0.4) is 0 Å². The van der Waals surface area contributed by atoms with Gasteiger partial charge in [0.25, 0.3) is 5.91 Å². The molecule has 1 heterocycles. The number of anilines is 1. The first-order chi connectivity index (χ1) is 10.6. The zero-order valence-corrected chi connectivity index (χ0v) is 12.5. The lowest BCUT2D eigenvalue weighted by Crippen LogP contribution is -2.52. The number of amides is 2. The Balaban J connectivity index is 1.73. The van der Waals surface area contributed by atoms with Gasteiger partial charge in [0.2, 0.25) is 5.91 Å². The van der Waals surface area contributed by atoms with Crippen molar-refractivity contribution >= 4 is 17.5 Å². The van der Waals surface area contributed by atoms with E-state index >= 15 is 0 Å². The lowest BCUT2D eigenvalue weighted by Gasteiger charge is -2.34. The minimum atomic E-state index is -0.0789. The molecule has 0 saturated carbocycles. The predicted octanol–water partition coefficient (Wildman–Crippen LogP) is 2.48. The Morgan fingerprint density at radius 3 is 2.45 bits per heavy atom. The van der Waals surface area contributed by atoms with Gasteiger partial charge in [0, 0.05) is 24.3 Å². The van der Waals surface area contributed by atoms with E-state index in [-0.39, 0.29) is 18.4 Å². The second-order valence-electron chi connectivity index (χ2n) is 5.48. The number of aryl methyl sites for hydroxylation is 1. The molecule has 2 aromatic rings. The second kappa shape index (κ2) is 6.02. The summed E-state index contributed by atoms with van der Waals surface area (Å²) >= 11 is 0. The molecule has 22 heavy (non-hydrogen) atoms. The minimum absolute atomic E-state index is 0.0431. The molecule has 3 rings (SSSR count). The molecular weight excluding hydrogens is 276 g/mol. The third-order valence-electron chi connectivity index (χ3n) is 3.84. The zero-order valence-electron chi connectivity index (χ0n) is 12.5. The maximum atomic E-state index is 12.5. The van der Waals surface area contributed by atoms with Crippen LogP contribution >= 0.6 is 0 Å². The van der Waals surface area contributed by atoms with Crippen LogP contribution in [0.25, 0.3) is 0 Å². The molecule has 0 atom stereocenters. The molecule has 0 spiro atoms. The SMILES string of the molecule is Cc1cccc(C(=O)N2CCN(c3ccccc3)C(=O)C2)c1. The fraction of sp³-hybridized carbons (Fsp3) is 0.222. The topological polar surface area (TPSA) is 40.6 Å². The Kier molecular flexibility index (Phi) is 3.92. The zero-order chi connectivity index (χ0) is 15.5. The van der Waals surface area contributed by atoms with Gasteiger partial charge in [0.1, 0.15) is 6.54 Å². The van der Waals surface area contributed by atoms with Crippen molar-refractivity contribution in [1.29, 1.82) is 0 Å². The molecule has 4 heteroatoms. The van der Waals surface area contributed by atoms with Crippen molar-refractivity contribution in [2.45, 2.75) is 6.92 Å². The van der Waals surface area contributed by atoms with E-state index in [0.29, 0.717) is 18.7 Å². The van der Waals surface area contributed by atoms with Crippen LogP contribution in [0.1, 0.15) is 15.9 Å². The van der Waals surface area contributed by atoms with Gasteiger partial charge in [0.05, 0.1) is 0 Å². The van der Waals surface area contributed by atoms with Crippen LogP contribution in [0.15, 0.2) is 54.6 Å². The maximum absolute atomic E-state index is 12.5. The normalized spacial score (nSPS) is 15.0. The fourth-order valence-electron chi connectivity index (χ4n) is 2.69. The van der Waals surface area contributed by atoms with E-state index in [0.717, 1.165) is 11.3 Å². The van der Waals surface area contributed by atoms with E-state index in [1.54, 1.807) is 15.9 Å². The van der Waals surface area contributed by atoms with E-state index in [2.05, 4.69) is 0 Å². The van der Waals surface area contributed by atoms with Crippen LogP contribution in [0.5, 0.6) is 0 Å². The van der Waals surface area contributed by atoms with E-state index in [1.807, 2.05) is 55.5 Å². The summed E-state index contributed by atoms with van der Waals surface area (Å²) in [6, 6.07) is 17.0. The van der Waals surface area contributed by atoms with E-state index in [4.69, 9.17) is 0 Å². The highest BCUT2D eigenvalue weighted by molar-refractivity contribution is 6.01. The van der Waals surface area contributed by atoms with Crippen molar-refractivity contribution < 1.29 is 9.59 Å². The summed E-state index contributed by atoms with van der Waals surface area (Å²) in [5.74, 6) is -0.122. The molecule has 0 radical (unpaired) electrons. The first kappa shape index (κ1) is 14.3. The first-order valence-corrected chi connectivity index (χ1v) is 7.36. The smallest absolute Gasteiger partial charge is 0.254 e. The largest absolute Gasteiger partial charge is 0.328 e. The van der Waals surface area contributed by atoms with Crippen molar-refractivity contribution in [3.8, 4) is 0 Å². The summed E-state index contributed by atoms with van der Waals surface area (Å²) in [5, 5.41) is 0. The van der Waals surface area contributed by atoms with Gasteiger partial charge in [-0.25, -0.2) is 0 Å². The third-order valence-corrected chi connectivity index (χ3v) is 3.84. The summed E-state index contributed by atoms with van der Waals surface area (Å²) in [4.78, 5) is 28.2. The van der Waals surface area contributed by atoms with Gasteiger partial charge in [-0.1, -0.05) is 35.9 Å². The third kappa shape index (κ3) is 2.86. The van der Waals surface area contributed by atoms with Crippen LogP contribution < -0.4 is 4.90 Å². The Morgan fingerprint density at radius 2 is 1.77 bits per heavy atom. The summed E-state index contributed by atoms with van der Waals surface area (Å²) < 4.78 is 0. The van der Waals surface area contributed by atoms with E-state index in [1.165, 1.54) is 0 Å². The predicted molar refractivity (Wildman–Crippen MR) is 85.9 cm³/mol. The Morgan fingerprint density at radius 1 is 1.00 bits per heavy atom. The molecule has 1 fully saturated rings. The number of carbonyl (C=O) groups excluding carboxylic acids is 2. The molecule has 2 aromatic carbocycles. The molecule has 0 N–H and O–H groups in total. The monoisotopic (exact) mass is 294 g/mol. The highest BCUT2D eigenvalue weighted by Gasteiger charge is 2.28.